The lowest BCUT2D eigenvalue weighted by atomic mass is 10.3. The second kappa shape index (κ2) is 5.37. The number of halogens is 6. The molecule has 0 unspecified atom stereocenters. The van der Waals surface area contributed by atoms with Crippen molar-refractivity contribution in [2.45, 2.75) is 18.5 Å². The number of amides is 1. The van der Waals surface area contributed by atoms with Crippen LogP contribution in [-0.4, -0.2) is 24.5 Å². The normalized spacial score (nSPS) is 12.4. The van der Waals surface area contributed by atoms with Crippen LogP contribution < -0.4 is 5.32 Å². The van der Waals surface area contributed by atoms with Crippen LogP contribution in [0.3, 0.4) is 0 Å². The van der Waals surface area contributed by atoms with Crippen LogP contribution in [0, 0.1) is 0 Å². The maximum atomic E-state index is 12.1. The van der Waals surface area contributed by atoms with Gasteiger partial charge in [0.25, 0.3) is 6.10 Å². The van der Waals surface area contributed by atoms with E-state index in [1.807, 2.05) is 0 Å². The minimum atomic E-state index is -5.73. The molecule has 1 rings (SSSR count). The van der Waals surface area contributed by atoms with Crippen molar-refractivity contribution in [1.82, 2.24) is 0 Å². The Morgan fingerprint density at radius 3 is 1.89 bits per heavy atom. The van der Waals surface area contributed by atoms with E-state index >= 15 is 0 Å². The zero-order chi connectivity index (χ0) is 14.7. The van der Waals surface area contributed by atoms with Gasteiger partial charge in [-0.05, 0) is 12.1 Å². The van der Waals surface area contributed by atoms with E-state index in [4.69, 9.17) is 0 Å². The van der Waals surface area contributed by atoms with Gasteiger partial charge in [-0.1, -0.05) is 18.2 Å². The van der Waals surface area contributed by atoms with Gasteiger partial charge in [-0.25, -0.2) is 4.79 Å². The van der Waals surface area contributed by atoms with Gasteiger partial charge in [0.05, 0.1) is 0 Å². The number of carbonyl (C=O) groups is 1. The van der Waals surface area contributed by atoms with E-state index in [9.17, 15) is 31.1 Å². The predicted molar refractivity (Wildman–Crippen MR) is 52.4 cm³/mol. The summed E-state index contributed by atoms with van der Waals surface area (Å²) >= 11 is 0. The Hall–Kier alpha value is -1.93. The average Bonchev–Trinajstić information content (AvgIpc) is 2.24. The number of hydrogen-bond acceptors (Lipinski definition) is 2. The van der Waals surface area contributed by atoms with Crippen molar-refractivity contribution in [3.63, 3.8) is 0 Å². The molecule has 0 spiro atoms. The zero-order valence-electron chi connectivity index (χ0n) is 9.05. The number of para-hydroxylation sites is 1. The molecule has 1 N–H and O–H groups in total. The van der Waals surface area contributed by atoms with E-state index in [1.54, 1.807) is 11.4 Å². The Morgan fingerprint density at radius 1 is 1.00 bits per heavy atom. The Bertz CT molecular complexity index is 414. The Balaban J connectivity index is 2.73. The van der Waals surface area contributed by atoms with Crippen molar-refractivity contribution in [3.8, 4) is 0 Å². The van der Waals surface area contributed by atoms with E-state index in [0.717, 1.165) is 0 Å². The molecule has 0 aliphatic rings. The topological polar surface area (TPSA) is 38.3 Å². The highest BCUT2D eigenvalue weighted by molar-refractivity contribution is 5.84. The SMILES string of the molecule is O=C(Nc1ccccc1)OC(C(F)(F)F)C(F)(F)F. The van der Waals surface area contributed by atoms with E-state index in [1.165, 1.54) is 24.3 Å². The molecule has 19 heavy (non-hydrogen) atoms. The van der Waals surface area contributed by atoms with Gasteiger partial charge in [-0.15, -0.1) is 0 Å². The molecule has 1 amide bonds. The molecule has 9 heteroatoms. The molecule has 0 heterocycles. The maximum absolute atomic E-state index is 12.1. The van der Waals surface area contributed by atoms with Gasteiger partial charge < -0.3 is 4.74 Å². The molecule has 0 aromatic heterocycles. The van der Waals surface area contributed by atoms with Crippen molar-refractivity contribution < 1.29 is 35.9 Å². The Kier molecular flexibility index (Phi) is 4.28. The number of ether oxygens (including phenoxy) is 1. The van der Waals surface area contributed by atoms with Gasteiger partial charge in [0.1, 0.15) is 0 Å². The fourth-order valence-corrected chi connectivity index (χ4v) is 1.10. The Labute approximate surface area is 103 Å². The molecule has 0 fully saturated rings. The summed E-state index contributed by atoms with van der Waals surface area (Å²) in [6.07, 6.45) is -17.5. The molecule has 0 aliphatic heterocycles. The zero-order valence-corrected chi connectivity index (χ0v) is 9.05. The molecular formula is C10H7F6NO2. The summed E-state index contributed by atoms with van der Waals surface area (Å²) in [6.45, 7) is 0. The quantitative estimate of drug-likeness (QED) is 0.842. The van der Waals surface area contributed by atoms with Crippen LogP contribution in [-0.2, 0) is 4.74 Å². The molecule has 0 radical (unpaired) electrons. The fraction of sp³-hybridized carbons (Fsp3) is 0.300. The molecule has 0 saturated carbocycles. The molecule has 0 saturated heterocycles. The Morgan fingerprint density at radius 2 is 1.47 bits per heavy atom. The maximum Gasteiger partial charge on any atom is 0.434 e. The lowest BCUT2D eigenvalue weighted by molar-refractivity contribution is -0.306. The van der Waals surface area contributed by atoms with E-state index in [0.29, 0.717) is 0 Å². The van der Waals surface area contributed by atoms with Gasteiger partial charge in [0.2, 0.25) is 0 Å². The molecule has 0 aliphatic carbocycles. The fourth-order valence-electron chi connectivity index (χ4n) is 1.10. The minimum absolute atomic E-state index is 0.00981. The van der Waals surface area contributed by atoms with Crippen LogP contribution in [0.15, 0.2) is 30.3 Å². The number of carbonyl (C=O) groups excluding carboxylic acids is 1. The minimum Gasteiger partial charge on any atom is -0.426 e. The summed E-state index contributed by atoms with van der Waals surface area (Å²) in [5.74, 6) is 0. The van der Waals surface area contributed by atoms with Crippen molar-refractivity contribution in [2.75, 3.05) is 5.32 Å². The summed E-state index contributed by atoms with van der Waals surface area (Å²) in [5.41, 5.74) is 0.00981. The van der Waals surface area contributed by atoms with Crippen LogP contribution in [0.5, 0.6) is 0 Å². The summed E-state index contributed by atoms with van der Waals surface area (Å²) < 4.78 is 75.9. The van der Waals surface area contributed by atoms with Crippen LogP contribution in [0.25, 0.3) is 0 Å². The molecule has 0 bridgehead atoms. The van der Waals surface area contributed by atoms with Crippen LogP contribution in [0.4, 0.5) is 36.8 Å². The summed E-state index contributed by atoms with van der Waals surface area (Å²) in [5, 5.41) is 1.76. The van der Waals surface area contributed by atoms with Crippen molar-refractivity contribution in [1.29, 1.82) is 0 Å². The van der Waals surface area contributed by atoms with E-state index < -0.39 is 24.5 Å². The molecule has 1 aromatic rings. The first-order chi connectivity index (χ1) is 8.60. The molecule has 106 valence electrons. The lowest BCUT2D eigenvalue weighted by Gasteiger charge is -2.22. The highest BCUT2D eigenvalue weighted by atomic mass is 19.4. The number of hydrogen-bond donors (Lipinski definition) is 1. The summed E-state index contributed by atoms with van der Waals surface area (Å²) in [4.78, 5) is 11.0. The monoisotopic (exact) mass is 287 g/mol. The third-order valence-electron chi connectivity index (χ3n) is 1.84. The van der Waals surface area contributed by atoms with Crippen molar-refractivity contribution in [3.05, 3.63) is 30.3 Å². The van der Waals surface area contributed by atoms with Gasteiger partial charge in [0.15, 0.2) is 0 Å². The van der Waals surface area contributed by atoms with Crippen LogP contribution >= 0.6 is 0 Å². The highest BCUT2D eigenvalue weighted by Gasteiger charge is 2.59. The largest absolute Gasteiger partial charge is 0.434 e. The average molecular weight is 287 g/mol. The van der Waals surface area contributed by atoms with Crippen molar-refractivity contribution in [2.24, 2.45) is 0 Å². The molecule has 0 atom stereocenters. The second-order valence-corrected chi connectivity index (χ2v) is 3.36. The summed E-state index contributed by atoms with van der Waals surface area (Å²) in [7, 11) is 0. The predicted octanol–water partition coefficient (Wildman–Crippen LogP) is 3.73. The first kappa shape index (κ1) is 15.1. The third-order valence-corrected chi connectivity index (χ3v) is 1.84. The number of alkyl halides is 6. The summed E-state index contributed by atoms with van der Waals surface area (Å²) in [6, 6.07) is 6.96. The number of benzene rings is 1. The smallest absolute Gasteiger partial charge is 0.426 e. The van der Waals surface area contributed by atoms with Gasteiger partial charge in [-0.2, -0.15) is 26.3 Å². The molecule has 3 nitrogen and oxygen atoms in total. The van der Waals surface area contributed by atoms with Gasteiger partial charge in [0, 0.05) is 5.69 Å². The van der Waals surface area contributed by atoms with E-state index in [-0.39, 0.29) is 5.69 Å². The lowest BCUT2D eigenvalue weighted by Crippen LogP contribution is -2.46. The first-order valence-electron chi connectivity index (χ1n) is 4.77. The highest BCUT2D eigenvalue weighted by Crippen LogP contribution is 2.35. The van der Waals surface area contributed by atoms with Crippen LogP contribution in [0.2, 0.25) is 0 Å². The van der Waals surface area contributed by atoms with E-state index in [2.05, 4.69) is 4.74 Å². The number of nitrogens with one attached hydrogen (secondary N) is 1. The number of rotatable bonds is 2. The van der Waals surface area contributed by atoms with Crippen molar-refractivity contribution >= 4 is 11.8 Å². The standard InChI is InChI=1S/C10H7F6NO2/c11-9(12,13)7(10(14,15)16)19-8(18)17-6-4-2-1-3-5-6/h1-5,7H,(H,17,18). The number of anilines is 1. The molecule has 1 aromatic carbocycles. The second-order valence-electron chi connectivity index (χ2n) is 3.36. The van der Waals surface area contributed by atoms with Gasteiger partial charge >= 0.3 is 18.4 Å². The molecular weight excluding hydrogens is 280 g/mol. The van der Waals surface area contributed by atoms with Gasteiger partial charge in [-0.3, -0.25) is 5.32 Å². The van der Waals surface area contributed by atoms with Crippen LogP contribution in [0.1, 0.15) is 0 Å². The third kappa shape index (κ3) is 4.68. The first-order valence-corrected chi connectivity index (χ1v) is 4.77.